The van der Waals surface area contributed by atoms with Gasteiger partial charge >= 0.3 is 5.97 Å². The van der Waals surface area contributed by atoms with Gasteiger partial charge in [-0.1, -0.05) is 64.4 Å². The molecule has 5 nitrogen and oxygen atoms in total. The summed E-state index contributed by atoms with van der Waals surface area (Å²) >= 11 is 13.8. The molecule has 0 saturated heterocycles. The zero-order valence-corrected chi connectivity index (χ0v) is 17.7. The van der Waals surface area contributed by atoms with Crippen molar-refractivity contribution in [2.45, 2.75) is 26.8 Å². The van der Waals surface area contributed by atoms with E-state index < -0.39 is 5.97 Å². The molecule has 3 aromatic rings. The molecule has 28 heavy (non-hydrogen) atoms. The van der Waals surface area contributed by atoms with E-state index in [9.17, 15) is 9.59 Å². The van der Waals surface area contributed by atoms with Gasteiger partial charge in [0.2, 0.25) is 0 Å². The molecule has 0 bridgehead atoms. The molecule has 8 heteroatoms. The molecule has 3 rings (SSSR count). The van der Waals surface area contributed by atoms with Crippen LogP contribution in [0.4, 0.5) is 0 Å². The van der Waals surface area contributed by atoms with E-state index >= 15 is 0 Å². The Hall–Kier alpha value is -2.15. The minimum atomic E-state index is -0.439. The summed E-state index contributed by atoms with van der Waals surface area (Å²) in [6.45, 7) is 3.87. The molecule has 2 aromatic carbocycles. The summed E-state index contributed by atoms with van der Waals surface area (Å²) in [6.07, 6.45) is 0.162. The number of aryl methyl sites for hydroxylation is 1. The quantitative estimate of drug-likeness (QED) is 0.551. The Bertz CT molecular complexity index is 1100. The van der Waals surface area contributed by atoms with Crippen LogP contribution >= 0.6 is 34.5 Å². The first kappa shape index (κ1) is 20.6. The van der Waals surface area contributed by atoms with E-state index in [2.05, 4.69) is 4.99 Å². The largest absolute Gasteiger partial charge is 0.465 e. The molecule has 0 aliphatic rings. The third-order valence-corrected chi connectivity index (χ3v) is 5.86. The van der Waals surface area contributed by atoms with Crippen molar-refractivity contribution in [3.05, 3.63) is 62.4 Å². The van der Waals surface area contributed by atoms with Crippen LogP contribution in [0.15, 0.2) is 41.4 Å². The fourth-order valence-electron chi connectivity index (χ4n) is 2.71. The average Bonchev–Trinajstić information content (AvgIpc) is 2.99. The number of esters is 1. The highest BCUT2D eigenvalue weighted by molar-refractivity contribution is 7.17. The molecular formula is C20H18Cl2N2O3S. The second-order valence-electron chi connectivity index (χ2n) is 6.15. The monoisotopic (exact) mass is 436 g/mol. The maximum absolute atomic E-state index is 12.5. The number of nitrogens with zero attached hydrogens (tertiary/aromatic N) is 2. The van der Waals surface area contributed by atoms with Gasteiger partial charge in [-0.15, -0.1) is 0 Å². The maximum atomic E-state index is 12.5. The number of benzene rings is 2. The number of aromatic nitrogens is 1. The lowest BCUT2D eigenvalue weighted by molar-refractivity contribution is -0.143. The highest BCUT2D eigenvalue weighted by Gasteiger charge is 2.16. The third-order valence-electron chi connectivity index (χ3n) is 4.02. The van der Waals surface area contributed by atoms with E-state index in [0.717, 1.165) is 11.1 Å². The molecule has 0 radical (unpaired) electrons. The van der Waals surface area contributed by atoms with Crippen LogP contribution in [-0.4, -0.2) is 23.1 Å². The highest BCUT2D eigenvalue weighted by Crippen LogP contribution is 2.31. The predicted molar refractivity (Wildman–Crippen MR) is 112 cm³/mol. The third kappa shape index (κ3) is 4.63. The van der Waals surface area contributed by atoms with Crippen molar-refractivity contribution >= 4 is 56.6 Å². The SMILES string of the molecule is CCOC(=O)Cn1c(=NC(=O)Cc2ccc(C)cc2)sc2c(Cl)ccc(Cl)c21. The lowest BCUT2D eigenvalue weighted by Crippen LogP contribution is -2.23. The summed E-state index contributed by atoms with van der Waals surface area (Å²) in [5.41, 5.74) is 2.55. The Morgan fingerprint density at radius 3 is 2.46 bits per heavy atom. The lowest BCUT2D eigenvalue weighted by Gasteiger charge is -2.06. The van der Waals surface area contributed by atoms with Gasteiger partial charge < -0.3 is 9.30 Å². The molecular weight excluding hydrogens is 419 g/mol. The van der Waals surface area contributed by atoms with E-state index in [4.69, 9.17) is 27.9 Å². The van der Waals surface area contributed by atoms with Gasteiger partial charge in [-0.2, -0.15) is 4.99 Å². The summed E-state index contributed by atoms with van der Waals surface area (Å²) in [5, 5.41) is 0.904. The van der Waals surface area contributed by atoms with Crippen molar-refractivity contribution in [1.29, 1.82) is 0 Å². The van der Waals surface area contributed by atoms with Crippen LogP contribution in [0.1, 0.15) is 18.1 Å². The number of amides is 1. The average molecular weight is 437 g/mol. The molecule has 1 aromatic heterocycles. The van der Waals surface area contributed by atoms with E-state index in [1.165, 1.54) is 11.3 Å². The van der Waals surface area contributed by atoms with Gasteiger partial charge in [-0.05, 0) is 31.5 Å². The summed E-state index contributed by atoms with van der Waals surface area (Å²) in [4.78, 5) is 29.2. The molecule has 0 fully saturated rings. The molecule has 0 aliphatic carbocycles. The Kier molecular flexibility index (Phi) is 6.54. The second-order valence-corrected chi connectivity index (χ2v) is 7.94. The zero-order chi connectivity index (χ0) is 20.3. The molecule has 0 unspecified atom stereocenters. The summed E-state index contributed by atoms with van der Waals surface area (Å²) in [7, 11) is 0. The van der Waals surface area contributed by atoms with Gasteiger partial charge in [0.25, 0.3) is 5.91 Å². The van der Waals surface area contributed by atoms with E-state index in [1.807, 2.05) is 31.2 Å². The summed E-state index contributed by atoms with van der Waals surface area (Å²) in [5.74, 6) is -0.758. The number of halogens is 2. The van der Waals surface area contributed by atoms with Crippen molar-refractivity contribution in [3.63, 3.8) is 0 Å². The molecule has 0 atom stereocenters. The fraction of sp³-hybridized carbons (Fsp3) is 0.250. The van der Waals surface area contributed by atoms with E-state index in [-0.39, 0.29) is 25.5 Å². The zero-order valence-electron chi connectivity index (χ0n) is 15.4. The van der Waals surface area contributed by atoms with Gasteiger partial charge in [0.15, 0.2) is 4.80 Å². The highest BCUT2D eigenvalue weighted by atomic mass is 35.5. The number of hydrogen-bond donors (Lipinski definition) is 0. The summed E-state index contributed by atoms with van der Waals surface area (Å²) < 4.78 is 7.29. The number of carbonyl (C=O) groups is 2. The Morgan fingerprint density at radius 2 is 1.79 bits per heavy atom. The minimum absolute atomic E-state index is 0.107. The van der Waals surface area contributed by atoms with Gasteiger partial charge in [0.05, 0.1) is 33.3 Å². The van der Waals surface area contributed by atoms with Crippen LogP contribution in [0.25, 0.3) is 10.2 Å². The number of thiazole rings is 1. The van der Waals surface area contributed by atoms with Crippen molar-refractivity contribution in [2.75, 3.05) is 6.61 Å². The smallest absolute Gasteiger partial charge is 0.326 e. The van der Waals surface area contributed by atoms with Crippen molar-refractivity contribution < 1.29 is 14.3 Å². The predicted octanol–water partition coefficient (Wildman–Crippen LogP) is 4.55. The van der Waals surface area contributed by atoms with Crippen LogP contribution in [0.3, 0.4) is 0 Å². The maximum Gasteiger partial charge on any atom is 0.326 e. The van der Waals surface area contributed by atoms with Gasteiger partial charge in [-0.25, -0.2) is 0 Å². The number of rotatable bonds is 5. The van der Waals surface area contributed by atoms with E-state index in [0.29, 0.717) is 25.1 Å². The van der Waals surface area contributed by atoms with E-state index in [1.54, 1.807) is 23.6 Å². The number of carbonyl (C=O) groups excluding carboxylic acids is 2. The molecule has 146 valence electrons. The van der Waals surface area contributed by atoms with Crippen LogP contribution < -0.4 is 4.80 Å². The fourth-order valence-corrected chi connectivity index (χ4v) is 4.37. The number of ether oxygens (including phenoxy) is 1. The minimum Gasteiger partial charge on any atom is -0.465 e. The number of fused-ring (bicyclic) bond motifs is 1. The molecule has 0 N–H and O–H groups in total. The first-order chi connectivity index (χ1) is 13.4. The van der Waals surface area contributed by atoms with Gasteiger partial charge in [0.1, 0.15) is 6.54 Å². The van der Waals surface area contributed by atoms with Crippen molar-refractivity contribution in [2.24, 2.45) is 4.99 Å². The normalized spacial score (nSPS) is 11.8. The summed E-state index contributed by atoms with van der Waals surface area (Å²) in [6, 6.07) is 11.0. The molecule has 1 heterocycles. The van der Waals surface area contributed by atoms with Gasteiger partial charge in [0, 0.05) is 0 Å². The topological polar surface area (TPSA) is 60.7 Å². The Morgan fingerprint density at radius 1 is 1.11 bits per heavy atom. The van der Waals surface area contributed by atoms with Gasteiger partial charge in [-0.3, -0.25) is 9.59 Å². The molecule has 0 saturated carbocycles. The van der Waals surface area contributed by atoms with Crippen LogP contribution in [0.2, 0.25) is 10.0 Å². The van der Waals surface area contributed by atoms with Crippen LogP contribution in [0.5, 0.6) is 0 Å². The van der Waals surface area contributed by atoms with Crippen LogP contribution in [0, 0.1) is 6.92 Å². The van der Waals surface area contributed by atoms with Crippen LogP contribution in [-0.2, 0) is 27.3 Å². The molecule has 0 spiro atoms. The lowest BCUT2D eigenvalue weighted by atomic mass is 10.1. The molecule has 1 amide bonds. The Balaban J connectivity index is 2.05. The van der Waals surface area contributed by atoms with Crippen molar-refractivity contribution in [1.82, 2.24) is 4.57 Å². The second kappa shape index (κ2) is 8.90. The standard InChI is InChI=1S/C20H18Cl2N2O3S/c1-3-27-17(26)11-24-18-14(21)8-9-15(22)19(18)28-20(24)23-16(25)10-13-6-4-12(2)5-7-13/h4-9H,3,10-11H2,1-2H3. The first-order valence-electron chi connectivity index (χ1n) is 8.65. The Labute approximate surface area is 176 Å². The van der Waals surface area contributed by atoms with Crippen molar-refractivity contribution in [3.8, 4) is 0 Å². The number of hydrogen-bond acceptors (Lipinski definition) is 4. The first-order valence-corrected chi connectivity index (χ1v) is 10.2. The molecule has 0 aliphatic heterocycles.